The van der Waals surface area contributed by atoms with Crippen molar-refractivity contribution in [3.8, 4) is 5.69 Å². The lowest BCUT2D eigenvalue weighted by atomic mass is 10.3. The molecule has 0 fully saturated rings. The number of aromatic nitrogens is 4. The second-order valence-electron chi connectivity index (χ2n) is 3.18. The Morgan fingerprint density at radius 3 is 2.71 bits per heavy atom. The summed E-state index contributed by atoms with van der Waals surface area (Å²) in [6.45, 7) is 0. The Morgan fingerprint density at radius 2 is 2.18 bits per heavy atom. The van der Waals surface area contributed by atoms with Gasteiger partial charge in [0.25, 0.3) is 5.69 Å². The van der Waals surface area contributed by atoms with Crippen LogP contribution in [0.4, 0.5) is 10.1 Å². The van der Waals surface area contributed by atoms with Gasteiger partial charge in [0, 0.05) is 19.2 Å². The maximum Gasteiger partial charge on any atom is 0.383 e. The second kappa shape index (κ2) is 3.77. The van der Waals surface area contributed by atoms with Crippen LogP contribution in [-0.4, -0.2) is 24.7 Å². The first-order valence-electron chi connectivity index (χ1n) is 4.44. The Bertz CT molecular complexity index is 647. The highest BCUT2D eigenvalue weighted by Gasteiger charge is 2.15. The van der Waals surface area contributed by atoms with E-state index in [1.165, 1.54) is 7.05 Å². The smallest absolute Gasteiger partial charge is 0.258 e. The van der Waals surface area contributed by atoms with Crippen molar-refractivity contribution in [2.75, 3.05) is 0 Å². The van der Waals surface area contributed by atoms with E-state index in [-0.39, 0.29) is 11.4 Å². The minimum absolute atomic E-state index is 0.212. The van der Waals surface area contributed by atoms with E-state index >= 15 is 0 Å². The van der Waals surface area contributed by atoms with Crippen LogP contribution < -0.4 is 5.69 Å². The van der Waals surface area contributed by atoms with Crippen molar-refractivity contribution in [3.63, 3.8) is 0 Å². The monoisotopic (exact) mass is 239 g/mol. The molecule has 0 N–H and O–H groups in total. The van der Waals surface area contributed by atoms with Crippen molar-refractivity contribution in [1.29, 1.82) is 0 Å². The molecule has 0 aliphatic heterocycles. The first-order chi connectivity index (χ1) is 8.00. The zero-order valence-corrected chi connectivity index (χ0v) is 8.57. The predicted molar refractivity (Wildman–Crippen MR) is 53.2 cm³/mol. The molecule has 17 heavy (non-hydrogen) atoms. The maximum atomic E-state index is 13.5. The highest BCUT2D eigenvalue weighted by atomic mass is 19.1. The number of rotatable bonds is 2. The van der Waals surface area contributed by atoms with Crippen LogP contribution in [0.2, 0.25) is 0 Å². The Balaban J connectivity index is 2.66. The number of nitro benzene ring substituents is 1. The highest BCUT2D eigenvalue weighted by molar-refractivity contribution is 5.43. The van der Waals surface area contributed by atoms with Gasteiger partial charge in [-0.3, -0.25) is 10.1 Å². The zero-order valence-electron chi connectivity index (χ0n) is 8.57. The average molecular weight is 239 g/mol. The molecular formula is C8H6FN5O3. The van der Waals surface area contributed by atoms with Crippen molar-refractivity contribution >= 4 is 5.69 Å². The third-order valence-corrected chi connectivity index (χ3v) is 2.13. The molecule has 2 aromatic rings. The molecule has 8 nitrogen and oxygen atoms in total. The first kappa shape index (κ1) is 10.9. The van der Waals surface area contributed by atoms with Crippen molar-refractivity contribution in [3.05, 3.63) is 44.6 Å². The molecule has 0 spiro atoms. The minimum atomic E-state index is -0.740. The zero-order chi connectivity index (χ0) is 12.6. The van der Waals surface area contributed by atoms with Crippen molar-refractivity contribution < 1.29 is 9.31 Å². The fraction of sp³-hybridized carbons (Fsp3) is 0.125. The van der Waals surface area contributed by atoms with Crippen LogP contribution in [-0.2, 0) is 7.05 Å². The van der Waals surface area contributed by atoms with E-state index in [4.69, 9.17) is 0 Å². The van der Waals surface area contributed by atoms with Gasteiger partial charge in [0.1, 0.15) is 5.69 Å². The van der Waals surface area contributed by atoms with Crippen molar-refractivity contribution in [2.45, 2.75) is 0 Å². The SMILES string of the molecule is Cn1c(=O)nnn1-c1cc([N+](=O)[O-])ccc1F. The van der Waals surface area contributed by atoms with Gasteiger partial charge < -0.3 is 0 Å². The normalized spacial score (nSPS) is 10.5. The van der Waals surface area contributed by atoms with Crippen molar-refractivity contribution in [2.24, 2.45) is 7.05 Å². The molecule has 0 atom stereocenters. The summed E-state index contributed by atoms with van der Waals surface area (Å²) >= 11 is 0. The molecule has 0 saturated carbocycles. The van der Waals surface area contributed by atoms with Gasteiger partial charge in [-0.15, -0.1) is 4.80 Å². The average Bonchev–Trinajstić information content (AvgIpc) is 2.60. The molecule has 0 saturated heterocycles. The lowest BCUT2D eigenvalue weighted by Crippen LogP contribution is -2.20. The molecule has 1 heterocycles. The number of halogens is 1. The number of nitro groups is 1. The molecule has 0 bridgehead atoms. The molecule has 0 radical (unpaired) electrons. The largest absolute Gasteiger partial charge is 0.383 e. The minimum Gasteiger partial charge on any atom is -0.258 e. The highest BCUT2D eigenvalue weighted by Crippen LogP contribution is 2.18. The van der Waals surface area contributed by atoms with Crippen LogP contribution in [0.1, 0.15) is 0 Å². The Labute approximate surface area is 93.0 Å². The Kier molecular flexibility index (Phi) is 2.42. The Morgan fingerprint density at radius 1 is 1.47 bits per heavy atom. The van der Waals surface area contributed by atoms with Crippen LogP contribution in [0.3, 0.4) is 0 Å². The summed E-state index contributed by atoms with van der Waals surface area (Å²) in [5.41, 5.74) is -1.20. The van der Waals surface area contributed by atoms with Crippen LogP contribution in [0.15, 0.2) is 23.0 Å². The van der Waals surface area contributed by atoms with E-state index in [9.17, 15) is 19.3 Å². The lowest BCUT2D eigenvalue weighted by molar-refractivity contribution is -0.384. The fourth-order valence-electron chi connectivity index (χ4n) is 1.26. The van der Waals surface area contributed by atoms with Crippen LogP contribution in [0, 0.1) is 15.9 Å². The van der Waals surface area contributed by atoms with Gasteiger partial charge in [0.05, 0.1) is 4.92 Å². The van der Waals surface area contributed by atoms with Gasteiger partial charge in [0.15, 0.2) is 5.82 Å². The number of hydrogen-bond acceptors (Lipinski definition) is 5. The number of tetrazole rings is 1. The van der Waals surface area contributed by atoms with E-state index in [2.05, 4.69) is 10.3 Å². The van der Waals surface area contributed by atoms with E-state index in [1.807, 2.05) is 0 Å². The third kappa shape index (κ3) is 1.77. The molecule has 2 rings (SSSR count). The van der Waals surface area contributed by atoms with Crippen LogP contribution in [0.25, 0.3) is 5.69 Å². The van der Waals surface area contributed by atoms with E-state index < -0.39 is 16.4 Å². The molecule has 0 amide bonds. The molecule has 9 heteroatoms. The standard InChI is InChI=1S/C8H6FN5O3/c1-12-8(15)10-11-13(12)7-4-5(14(16)17)2-3-6(7)9/h2-4H,1H3. The summed E-state index contributed by atoms with van der Waals surface area (Å²) in [5, 5.41) is 17.1. The van der Waals surface area contributed by atoms with E-state index in [0.717, 1.165) is 27.7 Å². The first-order valence-corrected chi connectivity index (χ1v) is 4.44. The van der Waals surface area contributed by atoms with Crippen LogP contribution in [0.5, 0.6) is 0 Å². The molecule has 0 aliphatic rings. The number of hydrogen-bond donors (Lipinski definition) is 0. The molecule has 88 valence electrons. The van der Waals surface area contributed by atoms with Gasteiger partial charge in [-0.05, 0) is 11.3 Å². The van der Waals surface area contributed by atoms with E-state index in [0.29, 0.717) is 0 Å². The quantitative estimate of drug-likeness (QED) is 0.543. The topological polar surface area (TPSA) is 95.8 Å². The maximum absolute atomic E-state index is 13.5. The van der Waals surface area contributed by atoms with Crippen LogP contribution >= 0.6 is 0 Å². The summed E-state index contributed by atoms with van der Waals surface area (Å²) in [7, 11) is 1.32. The molecule has 0 aliphatic carbocycles. The van der Waals surface area contributed by atoms with Gasteiger partial charge in [-0.1, -0.05) is 5.10 Å². The summed E-state index contributed by atoms with van der Waals surface area (Å²) in [6.07, 6.45) is 0. The van der Waals surface area contributed by atoms with E-state index in [1.54, 1.807) is 0 Å². The van der Waals surface area contributed by atoms with Gasteiger partial charge in [0.2, 0.25) is 0 Å². The predicted octanol–water partition coefficient (Wildman–Crippen LogP) is 0.0133. The summed E-state index contributed by atoms with van der Waals surface area (Å²) < 4.78 is 14.4. The molecule has 1 aromatic carbocycles. The third-order valence-electron chi connectivity index (χ3n) is 2.13. The lowest BCUT2D eigenvalue weighted by Gasteiger charge is -2.04. The van der Waals surface area contributed by atoms with Gasteiger partial charge in [-0.2, -0.15) is 0 Å². The molecule has 0 unspecified atom stereocenters. The van der Waals surface area contributed by atoms with Gasteiger partial charge in [-0.25, -0.2) is 13.9 Å². The summed E-state index contributed by atoms with van der Waals surface area (Å²) in [5.74, 6) is -0.740. The summed E-state index contributed by atoms with van der Waals surface area (Å²) in [6, 6.07) is 2.93. The summed E-state index contributed by atoms with van der Waals surface area (Å²) in [4.78, 5) is 21.8. The van der Waals surface area contributed by atoms with Gasteiger partial charge >= 0.3 is 5.69 Å². The Hall–Kier alpha value is -2.58. The number of nitrogens with zero attached hydrogens (tertiary/aromatic N) is 5. The molecular weight excluding hydrogens is 233 g/mol. The van der Waals surface area contributed by atoms with Crippen molar-refractivity contribution in [1.82, 2.24) is 19.8 Å². The molecule has 1 aromatic heterocycles. The fourth-order valence-corrected chi connectivity index (χ4v) is 1.26. The number of non-ortho nitro benzene ring substituents is 1. The number of benzene rings is 1. The second-order valence-corrected chi connectivity index (χ2v) is 3.18.